The molecule has 2 heterocycles. The Morgan fingerprint density at radius 1 is 1.29 bits per heavy atom. The lowest BCUT2D eigenvalue weighted by Gasteiger charge is -2.37. The van der Waals surface area contributed by atoms with Gasteiger partial charge in [0.2, 0.25) is 5.91 Å². The second kappa shape index (κ2) is 6.16. The normalized spacial score (nSPS) is 23.0. The average Bonchev–Trinajstić information content (AvgIpc) is 2.53. The number of fused-ring (bicyclic) bond motifs is 1. The Bertz CT molecular complexity index is 521. The van der Waals surface area contributed by atoms with Crippen LogP contribution >= 0.6 is 0 Å². The minimum absolute atomic E-state index is 0.0115. The first kappa shape index (κ1) is 14.5. The predicted molar refractivity (Wildman–Crippen MR) is 84.3 cm³/mol. The highest BCUT2D eigenvalue weighted by molar-refractivity contribution is 5.85. The zero-order valence-electron chi connectivity index (χ0n) is 13.1. The largest absolute Gasteiger partial charge is 0.340 e. The Kier molecular flexibility index (Phi) is 4.27. The van der Waals surface area contributed by atoms with Gasteiger partial charge in [-0.3, -0.25) is 4.79 Å². The van der Waals surface area contributed by atoms with Crippen LogP contribution in [0.25, 0.3) is 0 Å². The molecule has 2 aliphatic rings. The molecular formula is C17H25N3O. The van der Waals surface area contributed by atoms with Gasteiger partial charge in [-0.25, -0.2) is 0 Å². The molecule has 21 heavy (non-hydrogen) atoms. The van der Waals surface area contributed by atoms with Crippen molar-refractivity contribution in [3.05, 3.63) is 34.9 Å². The minimum atomic E-state index is -0.0115. The van der Waals surface area contributed by atoms with Gasteiger partial charge >= 0.3 is 0 Å². The van der Waals surface area contributed by atoms with Crippen molar-refractivity contribution in [2.75, 3.05) is 39.3 Å². The number of nitrogens with one attached hydrogen (secondary N) is 1. The summed E-state index contributed by atoms with van der Waals surface area (Å²) in [7, 11) is 0. The average molecular weight is 287 g/mol. The number of aryl methyl sites for hydroxylation is 1. The SMILES string of the molecule is CCN1CCN(C(=O)C2CNCc3cc(C)ccc32)CC1. The van der Waals surface area contributed by atoms with Crippen LogP contribution in [0.15, 0.2) is 18.2 Å². The third kappa shape index (κ3) is 2.97. The number of likely N-dealkylation sites (N-methyl/N-ethyl adjacent to an activating group) is 1. The molecule has 1 atom stereocenters. The summed E-state index contributed by atoms with van der Waals surface area (Å²) in [4.78, 5) is 17.3. The maximum absolute atomic E-state index is 12.9. The Morgan fingerprint density at radius 3 is 2.76 bits per heavy atom. The monoisotopic (exact) mass is 287 g/mol. The molecule has 114 valence electrons. The number of nitrogens with zero attached hydrogens (tertiary/aromatic N) is 2. The fourth-order valence-electron chi connectivity index (χ4n) is 3.41. The van der Waals surface area contributed by atoms with Gasteiger partial charge < -0.3 is 15.1 Å². The summed E-state index contributed by atoms with van der Waals surface area (Å²) in [6.07, 6.45) is 0. The summed E-state index contributed by atoms with van der Waals surface area (Å²) >= 11 is 0. The Morgan fingerprint density at radius 2 is 2.05 bits per heavy atom. The molecule has 0 radical (unpaired) electrons. The zero-order valence-corrected chi connectivity index (χ0v) is 13.1. The molecule has 4 heteroatoms. The topological polar surface area (TPSA) is 35.6 Å². The van der Waals surface area contributed by atoms with Gasteiger partial charge in [-0.15, -0.1) is 0 Å². The van der Waals surface area contributed by atoms with E-state index in [2.05, 4.69) is 42.3 Å². The molecule has 1 unspecified atom stereocenters. The smallest absolute Gasteiger partial charge is 0.231 e. The van der Waals surface area contributed by atoms with Gasteiger partial charge in [-0.1, -0.05) is 30.7 Å². The maximum atomic E-state index is 12.9. The summed E-state index contributed by atoms with van der Waals surface area (Å²) in [5.41, 5.74) is 3.77. The van der Waals surface area contributed by atoms with Crippen molar-refractivity contribution in [2.24, 2.45) is 0 Å². The Labute approximate surface area is 127 Å². The summed E-state index contributed by atoms with van der Waals surface area (Å²) in [5, 5.41) is 3.40. The van der Waals surface area contributed by atoms with Gasteiger partial charge in [-0.05, 0) is 24.6 Å². The van der Waals surface area contributed by atoms with E-state index in [4.69, 9.17) is 0 Å². The number of benzene rings is 1. The minimum Gasteiger partial charge on any atom is -0.340 e. The molecule has 1 fully saturated rings. The number of rotatable bonds is 2. The van der Waals surface area contributed by atoms with E-state index < -0.39 is 0 Å². The van der Waals surface area contributed by atoms with Crippen LogP contribution in [0.1, 0.15) is 29.5 Å². The van der Waals surface area contributed by atoms with E-state index in [9.17, 15) is 4.79 Å². The fourth-order valence-corrected chi connectivity index (χ4v) is 3.41. The first-order chi connectivity index (χ1) is 10.2. The van der Waals surface area contributed by atoms with E-state index in [1.165, 1.54) is 16.7 Å². The maximum Gasteiger partial charge on any atom is 0.231 e. The van der Waals surface area contributed by atoms with Crippen LogP contribution in [0.3, 0.4) is 0 Å². The molecule has 0 spiro atoms. The molecule has 1 aromatic rings. The third-order valence-electron chi connectivity index (χ3n) is 4.77. The lowest BCUT2D eigenvalue weighted by molar-refractivity contribution is -0.134. The lowest BCUT2D eigenvalue weighted by Crippen LogP contribution is -2.51. The highest BCUT2D eigenvalue weighted by atomic mass is 16.2. The Hall–Kier alpha value is -1.39. The van der Waals surface area contributed by atoms with E-state index in [0.29, 0.717) is 5.91 Å². The lowest BCUT2D eigenvalue weighted by atomic mass is 9.88. The molecule has 0 saturated carbocycles. The zero-order chi connectivity index (χ0) is 14.8. The summed E-state index contributed by atoms with van der Waals surface area (Å²) in [6, 6.07) is 6.48. The van der Waals surface area contributed by atoms with Gasteiger partial charge in [0.1, 0.15) is 0 Å². The molecule has 0 bridgehead atoms. The number of piperazine rings is 1. The summed E-state index contributed by atoms with van der Waals surface area (Å²) < 4.78 is 0. The van der Waals surface area contributed by atoms with Crippen molar-refractivity contribution in [1.82, 2.24) is 15.1 Å². The second-order valence-corrected chi connectivity index (χ2v) is 6.15. The van der Waals surface area contributed by atoms with Crippen molar-refractivity contribution in [3.63, 3.8) is 0 Å². The van der Waals surface area contributed by atoms with Gasteiger partial charge in [0.05, 0.1) is 5.92 Å². The molecule has 3 rings (SSSR count). The first-order valence-electron chi connectivity index (χ1n) is 8.00. The van der Waals surface area contributed by atoms with Crippen molar-refractivity contribution in [3.8, 4) is 0 Å². The number of hydrogen-bond acceptors (Lipinski definition) is 3. The standard InChI is InChI=1S/C17H25N3O/c1-3-19-6-8-20(9-7-19)17(21)16-12-18-11-14-10-13(2)4-5-15(14)16/h4-5,10,16,18H,3,6-9,11-12H2,1-2H3. The van der Waals surface area contributed by atoms with Crippen molar-refractivity contribution in [2.45, 2.75) is 26.3 Å². The van der Waals surface area contributed by atoms with Gasteiger partial charge in [0.15, 0.2) is 0 Å². The highest BCUT2D eigenvalue weighted by Gasteiger charge is 2.31. The molecule has 0 aliphatic carbocycles. The second-order valence-electron chi connectivity index (χ2n) is 6.15. The van der Waals surface area contributed by atoms with E-state index in [1.54, 1.807) is 0 Å². The van der Waals surface area contributed by atoms with Crippen LogP contribution in [0.2, 0.25) is 0 Å². The number of carbonyl (C=O) groups excluding carboxylic acids is 1. The number of carbonyl (C=O) groups is 1. The van der Waals surface area contributed by atoms with Crippen molar-refractivity contribution in [1.29, 1.82) is 0 Å². The molecule has 1 saturated heterocycles. The van der Waals surface area contributed by atoms with Crippen molar-refractivity contribution >= 4 is 5.91 Å². The van der Waals surface area contributed by atoms with Crippen LogP contribution in [-0.2, 0) is 11.3 Å². The first-order valence-corrected chi connectivity index (χ1v) is 8.00. The fraction of sp³-hybridized carbons (Fsp3) is 0.588. The molecule has 1 amide bonds. The van der Waals surface area contributed by atoms with Crippen LogP contribution in [0.5, 0.6) is 0 Å². The quantitative estimate of drug-likeness (QED) is 0.892. The van der Waals surface area contributed by atoms with Gasteiger partial charge in [0.25, 0.3) is 0 Å². The number of amides is 1. The molecule has 1 N–H and O–H groups in total. The summed E-state index contributed by atoms with van der Waals surface area (Å²) in [5.74, 6) is 0.283. The van der Waals surface area contributed by atoms with E-state index in [0.717, 1.165) is 45.8 Å². The van der Waals surface area contributed by atoms with E-state index >= 15 is 0 Å². The van der Waals surface area contributed by atoms with Crippen LogP contribution in [-0.4, -0.2) is 55.0 Å². The van der Waals surface area contributed by atoms with Gasteiger partial charge in [0, 0.05) is 39.3 Å². The van der Waals surface area contributed by atoms with Crippen LogP contribution in [0, 0.1) is 6.92 Å². The molecule has 0 aromatic heterocycles. The van der Waals surface area contributed by atoms with Crippen LogP contribution < -0.4 is 5.32 Å². The van der Waals surface area contributed by atoms with Crippen molar-refractivity contribution < 1.29 is 4.79 Å². The highest BCUT2D eigenvalue weighted by Crippen LogP contribution is 2.27. The molecule has 2 aliphatic heterocycles. The molecule has 1 aromatic carbocycles. The van der Waals surface area contributed by atoms with E-state index in [-0.39, 0.29) is 5.92 Å². The Balaban J connectivity index is 1.75. The molecular weight excluding hydrogens is 262 g/mol. The predicted octanol–water partition coefficient (Wildman–Crippen LogP) is 1.35. The van der Waals surface area contributed by atoms with Crippen LogP contribution in [0.4, 0.5) is 0 Å². The number of hydrogen-bond donors (Lipinski definition) is 1. The summed E-state index contributed by atoms with van der Waals surface area (Å²) in [6.45, 7) is 10.8. The van der Waals surface area contributed by atoms with Gasteiger partial charge in [-0.2, -0.15) is 0 Å². The van der Waals surface area contributed by atoms with E-state index in [1.807, 2.05) is 4.90 Å². The third-order valence-corrected chi connectivity index (χ3v) is 4.77. The molecule has 4 nitrogen and oxygen atoms in total.